The Hall–Kier alpha value is -2.08. The summed E-state index contributed by atoms with van der Waals surface area (Å²) < 4.78 is 5.34. The lowest BCUT2D eigenvalue weighted by Crippen LogP contribution is -2.50. The number of rotatable bonds is 5. The Morgan fingerprint density at radius 3 is 2.48 bits per heavy atom. The highest BCUT2D eigenvalue weighted by atomic mass is 16.6. The van der Waals surface area contributed by atoms with E-state index in [1.165, 1.54) is 0 Å². The maximum atomic E-state index is 12.1. The fourth-order valence-corrected chi connectivity index (χ4v) is 2.93. The summed E-state index contributed by atoms with van der Waals surface area (Å²) >= 11 is 0. The molecular weight excluding hydrogens is 294 g/mol. The van der Waals surface area contributed by atoms with Gasteiger partial charge in [-0.25, -0.2) is 4.79 Å². The molecule has 0 unspecified atom stereocenters. The lowest BCUT2D eigenvalue weighted by Gasteiger charge is -2.37. The molecule has 1 fully saturated rings. The molecule has 0 saturated carbocycles. The van der Waals surface area contributed by atoms with Crippen molar-refractivity contribution in [2.24, 2.45) is 5.73 Å². The minimum Gasteiger partial charge on any atom is -0.445 e. The second-order valence-corrected chi connectivity index (χ2v) is 5.64. The number of carbonyl (C=O) groups excluding carboxylic acids is 2. The van der Waals surface area contributed by atoms with Crippen LogP contribution in [-0.2, 0) is 16.1 Å². The Labute approximate surface area is 137 Å². The van der Waals surface area contributed by atoms with Gasteiger partial charge >= 0.3 is 6.09 Å². The first-order valence-electron chi connectivity index (χ1n) is 8.10. The minimum absolute atomic E-state index is 0.0300. The van der Waals surface area contributed by atoms with Crippen molar-refractivity contribution in [3.05, 3.63) is 35.9 Å². The van der Waals surface area contributed by atoms with Gasteiger partial charge in [0.15, 0.2) is 0 Å². The summed E-state index contributed by atoms with van der Waals surface area (Å²) in [7, 11) is 0. The van der Waals surface area contributed by atoms with Crippen LogP contribution in [0.2, 0.25) is 0 Å². The van der Waals surface area contributed by atoms with E-state index in [0.29, 0.717) is 19.6 Å². The van der Waals surface area contributed by atoms with Crippen molar-refractivity contribution in [3.8, 4) is 0 Å². The molecule has 0 radical (unpaired) electrons. The van der Waals surface area contributed by atoms with E-state index in [-0.39, 0.29) is 31.2 Å². The van der Waals surface area contributed by atoms with E-state index >= 15 is 0 Å². The van der Waals surface area contributed by atoms with Gasteiger partial charge in [-0.15, -0.1) is 0 Å². The average Bonchev–Trinajstić information content (AvgIpc) is 2.61. The number of piperidine rings is 1. The number of likely N-dealkylation sites (N-methyl/N-ethyl adjacent to an activating group) is 1. The predicted octanol–water partition coefficient (Wildman–Crippen LogP) is 1.59. The van der Waals surface area contributed by atoms with Crippen molar-refractivity contribution in [3.63, 3.8) is 0 Å². The molecule has 1 saturated heterocycles. The molecule has 1 aromatic carbocycles. The first kappa shape index (κ1) is 17.3. The van der Waals surface area contributed by atoms with Crippen LogP contribution in [0.25, 0.3) is 0 Å². The highest BCUT2D eigenvalue weighted by Crippen LogP contribution is 2.17. The van der Waals surface area contributed by atoms with Crippen LogP contribution in [0.1, 0.15) is 25.3 Å². The van der Waals surface area contributed by atoms with E-state index in [2.05, 4.69) is 0 Å². The summed E-state index contributed by atoms with van der Waals surface area (Å²) in [5.41, 5.74) is 6.42. The van der Waals surface area contributed by atoms with Gasteiger partial charge in [0.2, 0.25) is 5.91 Å². The maximum Gasteiger partial charge on any atom is 0.410 e. The molecule has 1 aromatic rings. The Morgan fingerprint density at radius 2 is 1.91 bits per heavy atom. The molecule has 2 rings (SSSR count). The van der Waals surface area contributed by atoms with Crippen LogP contribution in [0, 0.1) is 0 Å². The molecule has 0 bridgehead atoms. The van der Waals surface area contributed by atoms with Gasteiger partial charge in [0.05, 0.1) is 6.54 Å². The van der Waals surface area contributed by atoms with Crippen molar-refractivity contribution in [1.82, 2.24) is 9.80 Å². The van der Waals surface area contributed by atoms with Crippen LogP contribution in [0.5, 0.6) is 0 Å². The molecule has 2 N–H and O–H groups in total. The molecule has 0 aromatic heterocycles. The molecule has 1 aliphatic heterocycles. The van der Waals surface area contributed by atoms with Crippen LogP contribution < -0.4 is 5.73 Å². The third kappa shape index (κ3) is 4.69. The zero-order valence-corrected chi connectivity index (χ0v) is 13.6. The summed E-state index contributed by atoms with van der Waals surface area (Å²) in [4.78, 5) is 27.4. The number of hydrogen-bond acceptors (Lipinski definition) is 4. The number of nitrogens with two attached hydrogens (primary N) is 1. The van der Waals surface area contributed by atoms with E-state index in [9.17, 15) is 9.59 Å². The van der Waals surface area contributed by atoms with E-state index in [0.717, 1.165) is 18.4 Å². The Morgan fingerprint density at radius 1 is 1.26 bits per heavy atom. The molecule has 6 nitrogen and oxygen atoms in total. The molecule has 0 spiro atoms. The van der Waals surface area contributed by atoms with Gasteiger partial charge in [-0.2, -0.15) is 0 Å². The fraction of sp³-hybridized carbons (Fsp3) is 0.529. The number of carbonyl (C=O) groups is 2. The zero-order valence-electron chi connectivity index (χ0n) is 13.6. The molecule has 0 atom stereocenters. The first-order valence-corrected chi connectivity index (χ1v) is 8.10. The van der Waals surface area contributed by atoms with Gasteiger partial charge in [-0.1, -0.05) is 30.3 Å². The summed E-state index contributed by atoms with van der Waals surface area (Å²) in [5.74, 6) is -0.0300. The van der Waals surface area contributed by atoms with Crippen LogP contribution in [-0.4, -0.2) is 54.0 Å². The molecule has 1 heterocycles. The third-order valence-electron chi connectivity index (χ3n) is 4.20. The summed E-state index contributed by atoms with van der Waals surface area (Å²) in [6.07, 6.45) is 1.24. The van der Waals surface area contributed by atoms with Crippen molar-refractivity contribution < 1.29 is 14.3 Å². The molecule has 1 aliphatic rings. The highest BCUT2D eigenvalue weighted by molar-refractivity contribution is 5.78. The van der Waals surface area contributed by atoms with Gasteiger partial charge in [0.25, 0.3) is 0 Å². The van der Waals surface area contributed by atoms with E-state index in [1.807, 2.05) is 42.2 Å². The minimum atomic E-state index is -0.291. The standard InChI is InChI=1S/C17H25N3O3/c1-2-20(16(21)12-18)15-8-10-19(11-9-15)17(22)23-13-14-6-4-3-5-7-14/h3-7,15H,2,8-13,18H2,1H3. The van der Waals surface area contributed by atoms with E-state index < -0.39 is 0 Å². The highest BCUT2D eigenvalue weighted by Gasteiger charge is 2.28. The topological polar surface area (TPSA) is 75.9 Å². The fourth-order valence-electron chi connectivity index (χ4n) is 2.93. The predicted molar refractivity (Wildman–Crippen MR) is 87.7 cm³/mol. The summed E-state index contributed by atoms with van der Waals surface area (Å²) in [6.45, 7) is 4.13. The average molecular weight is 319 g/mol. The summed E-state index contributed by atoms with van der Waals surface area (Å²) in [5, 5.41) is 0. The van der Waals surface area contributed by atoms with Crippen molar-refractivity contribution in [1.29, 1.82) is 0 Å². The quantitative estimate of drug-likeness (QED) is 0.894. The van der Waals surface area contributed by atoms with Gasteiger partial charge in [0, 0.05) is 25.7 Å². The maximum absolute atomic E-state index is 12.1. The van der Waals surface area contributed by atoms with Crippen LogP contribution >= 0.6 is 0 Å². The van der Waals surface area contributed by atoms with Gasteiger partial charge < -0.3 is 20.3 Å². The van der Waals surface area contributed by atoms with E-state index in [4.69, 9.17) is 10.5 Å². The molecule has 0 aliphatic carbocycles. The third-order valence-corrected chi connectivity index (χ3v) is 4.20. The lowest BCUT2D eigenvalue weighted by molar-refractivity contribution is -0.132. The normalized spacial score (nSPS) is 15.3. The molecular formula is C17H25N3O3. The lowest BCUT2D eigenvalue weighted by atomic mass is 10.0. The summed E-state index contributed by atoms with van der Waals surface area (Å²) in [6, 6.07) is 9.78. The number of nitrogens with zero attached hydrogens (tertiary/aromatic N) is 2. The largest absolute Gasteiger partial charge is 0.445 e. The van der Waals surface area contributed by atoms with Gasteiger partial charge in [-0.3, -0.25) is 4.79 Å². The Bertz CT molecular complexity index is 513. The van der Waals surface area contributed by atoms with E-state index in [1.54, 1.807) is 4.90 Å². The number of likely N-dealkylation sites (tertiary alicyclic amines) is 1. The van der Waals surface area contributed by atoms with Crippen molar-refractivity contribution in [2.75, 3.05) is 26.2 Å². The molecule has 6 heteroatoms. The molecule has 23 heavy (non-hydrogen) atoms. The van der Waals surface area contributed by atoms with Gasteiger partial charge in [-0.05, 0) is 25.3 Å². The monoisotopic (exact) mass is 319 g/mol. The van der Waals surface area contributed by atoms with Crippen LogP contribution in [0.15, 0.2) is 30.3 Å². The second-order valence-electron chi connectivity index (χ2n) is 5.64. The number of amides is 2. The number of ether oxygens (including phenoxy) is 1. The number of hydrogen-bond donors (Lipinski definition) is 1. The Balaban J connectivity index is 1.79. The number of benzene rings is 1. The first-order chi connectivity index (χ1) is 11.2. The van der Waals surface area contributed by atoms with Crippen molar-refractivity contribution in [2.45, 2.75) is 32.4 Å². The van der Waals surface area contributed by atoms with Crippen LogP contribution in [0.4, 0.5) is 4.79 Å². The SMILES string of the molecule is CCN(C(=O)CN)C1CCN(C(=O)OCc2ccccc2)CC1. The molecule has 126 valence electrons. The molecule has 2 amide bonds. The van der Waals surface area contributed by atoms with Crippen molar-refractivity contribution >= 4 is 12.0 Å². The second kappa shape index (κ2) is 8.53. The zero-order chi connectivity index (χ0) is 16.7. The smallest absolute Gasteiger partial charge is 0.410 e. The Kier molecular flexibility index (Phi) is 6.40. The van der Waals surface area contributed by atoms with Gasteiger partial charge in [0.1, 0.15) is 6.61 Å². The van der Waals surface area contributed by atoms with Crippen LogP contribution in [0.3, 0.4) is 0 Å².